The van der Waals surface area contributed by atoms with Gasteiger partial charge in [-0.25, -0.2) is 0 Å². The van der Waals surface area contributed by atoms with Gasteiger partial charge in [-0.05, 0) is 48.2 Å². The molecule has 7 heteroatoms. The Balaban J connectivity index is 1.79. The van der Waals surface area contributed by atoms with Gasteiger partial charge in [-0.1, -0.05) is 24.3 Å². The molecule has 0 aliphatic carbocycles. The van der Waals surface area contributed by atoms with Crippen molar-refractivity contribution in [3.05, 3.63) is 69.9 Å². The lowest BCUT2D eigenvalue weighted by Crippen LogP contribution is -2.15. The Labute approximate surface area is 170 Å². The van der Waals surface area contributed by atoms with Gasteiger partial charge in [0.05, 0.1) is 5.69 Å². The van der Waals surface area contributed by atoms with Crippen LogP contribution in [0.15, 0.2) is 36.4 Å². The van der Waals surface area contributed by atoms with Crippen LogP contribution in [0.25, 0.3) is 0 Å². The van der Waals surface area contributed by atoms with Crippen LogP contribution >= 0.6 is 0 Å². The van der Waals surface area contributed by atoms with E-state index in [0.717, 1.165) is 27.9 Å². The number of hydrogen-bond acceptors (Lipinski definition) is 5. The molecule has 2 aromatic carbocycles. The van der Waals surface area contributed by atoms with E-state index in [0.29, 0.717) is 35.8 Å². The fourth-order valence-electron chi connectivity index (χ4n) is 3.35. The maximum absolute atomic E-state index is 12.1. The van der Waals surface area contributed by atoms with Crippen LogP contribution in [0.2, 0.25) is 0 Å². The summed E-state index contributed by atoms with van der Waals surface area (Å²) in [6.07, 6.45) is 0.526. The molecule has 5 N–H and O–H groups in total. The van der Waals surface area contributed by atoms with Gasteiger partial charge in [0.25, 0.3) is 5.91 Å². The van der Waals surface area contributed by atoms with Crippen molar-refractivity contribution in [3.63, 3.8) is 0 Å². The first-order chi connectivity index (χ1) is 13.8. The minimum atomic E-state index is -0.528. The summed E-state index contributed by atoms with van der Waals surface area (Å²) in [5, 5.41) is 20.3. The number of carbonyl (C=O) groups excluding carboxylic acids is 1. The Morgan fingerprint density at radius 3 is 2.31 bits per heavy atom. The maximum Gasteiger partial charge on any atom is 0.254 e. The zero-order valence-electron chi connectivity index (χ0n) is 17.2. The smallest absolute Gasteiger partial charge is 0.254 e. The number of rotatable bonds is 7. The van der Waals surface area contributed by atoms with Gasteiger partial charge in [0, 0.05) is 32.7 Å². The van der Waals surface area contributed by atoms with E-state index in [-0.39, 0.29) is 0 Å². The first-order valence-electron chi connectivity index (χ1n) is 9.42. The largest absolute Gasteiger partial charge is 0.507 e. The number of nitrogens with zero attached hydrogens (tertiary/aromatic N) is 2. The number of carbonyl (C=O) groups is 1. The average Bonchev–Trinajstić information content (AvgIpc) is 3.07. The molecule has 0 fully saturated rings. The lowest BCUT2D eigenvalue weighted by molar-refractivity contribution is 0.100. The molecule has 0 unspecified atom stereocenters. The van der Waals surface area contributed by atoms with E-state index in [1.54, 1.807) is 0 Å². The quantitative estimate of drug-likeness (QED) is 0.493. The van der Waals surface area contributed by atoms with E-state index in [2.05, 4.69) is 15.5 Å². The number of phenolic OH excluding ortho intramolecular Hbond substituents is 1. The second-order valence-corrected chi connectivity index (χ2v) is 7.46. The molecular weight excluding hydrogens is 366 g/mol. The van der Waals surface area contributed by atoms with Gasteiger partial charge in [-0.3, -0.25) is 9.89 Å². The van der Waals surface area contributed by atoms with Gasteiger partial charge in [0.2, 0.25) is 0 Å². The number of aromatic nitrogens is 2. The van der Waals surface area contributed by atoms with Crippen molar-refractivity contribution in [1.29, 1.82) is 0 Å². The van der Waals surface area contributed by atoms with Gasteiger partial charge in [0.15, 0.2) is 5.82 Å². The summed E-state index contributed by atoms with van der Waals surface area (Å²) in [4.78, 5) is 14.1. The van der Waals surface area contributed by atoms with Crippen molar-refractivity contribution >= 4 is 17.4 Å². The van der Waals surface area contributed by atoms with Gasteiger partial charge in [-0.15, -0.1) is 0 Å². The van der Waals surface area contributed by atoms with Crippen molar-refractivity contribution in [1.82, 2.24) is 10.2 Å². The van der Waals surface area contributed by atoms with E-state index >= 15 is 0 Å². The summed E-state index contributed by atoms with van der Waals surface area (Å²) in [6.45, 7) is 4.17. The van der Waals surface area contributed by atoms with E-state index in [9.17, 15) is 9.90 Å². The fraction of sp³-hybridized carbons (Fsp3) is 0.273. The van der Waals surface area contributed by atoms with Crippen molar-refractivity contribution in [3.8, 4) is 5.75 Å². The Bertz CT molecular complexity index is 999. The van der Waals surface area contributed by atoms with Gasteiger partial charge >= 0.3 is 0 Å². The number of primary amides is 1. The molecule has 0 atom stereocenters. The molecule has 0 aliphatic rings. The predicted octanol–water partition coefficient (Wildman–Crippen LogP) is 3.10. The van der Waals surface area contributed by atoms with Crippen molar-refractivity contribution in [2.45, 2.75) is 26.8 Å². The first kappa shape index (κ1) is 20.3. The van der Waals surface area contributed by atoms with Crippen molar-refractivity contribution in [2.24, 2.45) is 5.73 Å². The number of nitrogens with one attached hydrogen (secondary N) is 2. The number of H-pyrrole nitrogens is 1. The minimum absolute atomic E-state index is 0.300. The van der Waals surface area contributed by atoms with Crippen LogP contribution < -0.4 is 16.0 Å². The molecule has 1 aromatic heterocycles. The Morgan fingerprint density at radius 2 is 1.76 bits per heavy atom. The molecule has 3 rings (SSSR count). The van der Waals surface area contributed by atoms with Crippen LogP contribution in [-0.2, 0) is 13.0 Å². The molecular formula is C22H27N5O2. The zero-order chi connectivity index (χ0) is 21.1. The molecule has 0 spiro atoms. The minimum Gasteiger partial charge on any atom is -0.507 e. The molecule has 0 saturated carbocycles. The average molecular weight is 393 g/mol. The number of benzene rings is 2. The van der Waals surface area contributed by atoms with Gasteiger partial charge in [0.1, 0.15) is 11.3 Å². The molecule has 0 bridgehead atoms. The molecule has 1 amide bonds. The Hall–Kier alpha value is -3.48. The SMILES string of the molecule is Cc1cc(CNc2n[nH]c(Cc3ccc(N(C)C)cc3)c2C(N)=O)cc(C)c1O. The standard InChI is InChI=1S/C22H27N5O2/c1-13-9-16(10-14(2)20(13)28)12-24-22-19(21(23)29)18(25-26-22)11-15-5-7-17(8-6-15)27(3)4/h5-10,28H,11-12H2,1-4H3,(H2,23,29)(H2,24,25,26). The van der Waals surface area contributed by atoms with Crippen LogP contribution in [-0.4, -0.2) is 35.3 Å². The number of nitrogens with two attached hydrogens (primary N) is 1. The molecule has 152 valence electrons. The number of aryl methyl sites for hydroxylation is 2. The van der Waals surface area contributed by atoms with Crippen LogP contribution in [0.5, 0.6) is 5.75 Å². The highest BCUT2D eigenvalue weighted by Gasteiger charge is 2.18. The molecule has 1 heterocycles. The summed E-state index contributed by atoms with van der Waals surface area (Å²) >= 11 is 0. The molecule has 0 saturated heterocycles. The zero-order valence-corrected chi connectivity index (χ0v) is 17.2. The second-order valence-electron chi connectivity index (χ2n) is 7.46. The van der Waals surface area contributed by atoms with Crippen molar-refractivity contribution in [2.75, 3.05) is 24.3 Å². The third-order valence-electron chi connectivity index (χ3n) is 4.93. The Morgan fingerprint density at radius 1 is 1.14 bits per heavy atom. The third-order valence-corrected chi connectivity index (χ3v) is 4.93. The van der Waals surface area contributed by atoms with Crippen LogP contribution in [0, 0.1) is 13.8 Å². The number of hydrogen-bond donors (Lipinski definition) is 4. The van der Waals surface area contributed by atoms with Crippen LogP contribution in [0.3, 0.4) is 0 Å². The third kappa shape index (κ3) is 4.51. The lowest BCUT2D eigenvalue weighted by atomic mass is 10.0. The molecule has 29 heavy (non-hydrogen) atoms. The van der Waals surface area contributed by atoms with Crippen molar-refractivity contribution < 1.29 is 9.90 Å². The van der Waals surface area contributed by atoms with Crippen LogP contribution in [0.4, 0.5) is 11.5 Å². The fourth-order valence-corrected chi connectivity index (χ4v) is 3.35. The highest BCUT2D eigenvalue weighted by Crippen LogP contribution is 2.25. The monoisotopic (exact) mass is 393 g/mol. The number of phenols is 1. The first-order valence-corrected chi connectivity index (χ1v) is 9.42. The highest BCUT2D eigenvalue weighted by atomic mass is 16.3. The topological polar surface area (TPSA) is 107 Å². The van der Waals surface area contributed by atoms with E-state index in [4.69, 9.17) is 5.73 Å². The number of aromatic amines is 1. The summed E-state index contributed by atoms with van der Waals surface area (Å²) in [6, 6.07) is 11.9. The lowest BCUT2D eigenvalue weighted by Gasteiger charge is -2.12. The summed E-state index contributed by atoms with van der Waals surface area (Å²) in [5.41, 5.74) is 11.4. The molecule has 0 radical (unpaired) electrons. The van der Waals surface area contributed by atoms with E-state index in [1.165, 1.54) is 0 Å². The summed E-state index contributed by atoms with van der Waals surface area (Å²) in [7, 11) is 3.98. The van der Waals surface area contributed by atoms with Gasteiger partial charge < -0.3 is 21.1 Å². The van der Waals surface area contributed by atoms with Crippen LogP contribution in [0.1, 0.15) is 38.3 Å². The second kappa shape index (κ2) is 8.26. The number of aromatic hydroxyl groups is 1. The Kier molecular flexibility index (Phi) is 5.77. The normalized spacial score (nSPS) is 10.8. The number of amides is 1. The van der Waals surface area contributed by atoms with E-state index < -0.39 is 5.91 Å². The highest BCUT2D eigenvalue weighted by molar-refractivity contribution is 5.99. The molecule has 0 aliphatic heterocycles. The van der Waals surface area contributed by atoms with E-state index in [1.807, 2.05) is 69.2 Å². The summed E-state index contributed by atoms with van der Waals surface area (Å²) in [5.74, 6) is 0.203. The number of anilines is 2. The summed E-state index contributed by atoms with van der Waals surface area (Å²) < 4.78 is 0. The molecule has 3 aromatic rings. The van der Waals surface area contributed by atoms with Gasteiger partial charge in [-0.2, -0.15) is 5.10 Å². The molecule has 7 nitrogen and oxygen atoms in total. The predicted molar refractivity (Wildman–Crippen MR) is 116 cm³/mol. The maximum atomic E-state index is 12.1.